The molecule has 0 aliphatic carbocycles. The van der Waals surface area contributed by atoms with Gasteiger partial charge in [-0.15, -0.1) is 0 Å². The molecule has 0 aromatic heterocycles. The van der Waals surface area contributed by atoms with E-state index in [9.17, 15) is 0 Å². The monoisotopic (exact) mass is 672 g/mol. The Hall–Kier alpha value is -6.52. The minimum Gasteiger partial charge on any atom is -0.340 e. The highest BCUT2D eigenvalue weighted by Crippen LogP contribution is 2.51. The van der Waals surface area contributed by atoms with Gasteiger partial charge in [0.25, 0.3) is 0 Å². The molecule has 0 fully saturated rings. The van der Waals surface area contributed by atoms with E-state index in [1.807, 2.05) is 24.3 Å². The maximum atomic E-state index is 5.11. The molecule has 7 aromatic rings. The summed E-state index contributed by atoms with van der Waals surface area (Å²) in [7, 11) is 1.79. The van der Waals surface area contributed by atoms with Gasteiger partial charge in [-0.25, -0.2) is 4.99 Å². The summed E-state index contributed by atoms with van der Waals surface area (Å²) < 4.78 is 0. The summed E-state index contributed by atoms with van der Waals surface area (Å²) in [6.45, 7) is 4.62. The van der Waals surface area contributed by atoms with Gasteiger partial charge < -0.3 is 10.2 Å². The Morgan fingerprint density at radius 2 is 0.942 bits per heavy atom. The molecule has 1 heterocycles. The van der Waals surface area contributed by atoms with Crippen molar-refractivity contribution in [2.24, 2.45) is 9.98 Å². The number of fused-ring (bicyclic) bond motifs is 2. The second-order valence-electron chi connectivity index (χ2n) is 13.6. The van der Waals surface area contributed by atoms with Crippen molar-refractivity contribution < 1.29 is 0 Å². The van der Waals surface area contributed by atoms with E-state index in [1.165, 1.54) is 39.2 Å². The van der Waals surface area contributed by atoms with Crippen LogP contribution in [-0.4, -0.2) is 18.7 Å². The third-order valence-electron chi connectivity index (χ3n) is 9.97. The summed E-state index contributed by atoms with van der Waals surface area (Å²) in [4.78, 5) is 12.1. The molecular formula is C48H40N4. The molecule has 7 aromatic carbocycles. The van der Waals surface area contributed by atoms with Gasteiger partial charge in [-0.2, -0.15) is 0 Å². The van der Waals surface area contributed by atoms with E-state index >= 15 is 0 Å². The average Bonchev–Trinajstić information content (AvgIpc) is 3.21. The summed E-state index contributed by atoms with van der Waals surface area (Å²) in [6.07, 6.45) is 0. The third kappa shape index (κ3) is 6.31. The Labute approximate surface area is 306 Å². The van der Waals surface area contributed by atoms with Crippen LogP contribution in [0.15, 0.2) is 192 Å². The van der Waals surface area contributed by atoms with Crippen LogP contribution >= 0.6 is 0 Å². The third-order valence-corrected chi connectivity index (χ3v) is 9.97. The Kier molecular flexibility index (Phi) is 8.80. The minimum atomic E-state index is -0.0980. The van der Waals surface area contributed by atoms with Crippen molar-refractivity contribution in [2.75, 3.05) is 17.3 Å². The molecule has 0 amide bonds. The molecule has 252 valence electrons. The highest BCUT2D eigenvalue weighted by atomic mass is 15.2. The normalized spacial score (nSPS) is 13.6. The zero-order chi connectivity index (χ0) is 35.5. The molecule has 0 unspecified atom stereocenters. The van der Waals surface area contributed by atoms with Crippen LogP contribution in [0, 0.1) is 0 Å². The second kappa shape index (κ2) is 14.0. The fourth-order valence-corrected chi connectivity index (χ4v) is 7.19. The fourth-order valence-electron chi connectivity index (χ4n) is 7.19. The molecule has 1 N–H and O–H groups in total. The molecule has 0 saturated carbocycles. The molecule has 0 spiro atoms. The topological polar surface area (TPSA) is 40.0 Å². The molecule has 0 bridgehead atoms. The number of anilines is 4. The quantitative estimate of drug-likeness (QED) is 0.141. The number of benzene rings is 7. The second-order valence-corrected chi connectivity index (χ2v) is 13.6. The van der Waals surface area contributed by atoms with Gasteiger partial charge in [0.2, 0.25) is 0 Å². The number of aliphatic imine (C=N–C) groups is 2. The molecule has 0 saturated heterocycles. The van der Waals surface area contributed by atoms with Gasteiger partial charge >= 0.3 is 0 Å². The van der Waals surface area contributed by atoms with Crippen LogP contribution in [0.3, 0.4) is 0 Å². The van der Waals surface area contributed by atoms with Crippen molar-refractivity contribution in [3.05, 3.63) is 204 Å². The van der Waals surface area contributed by atoms with Gasteiger partial charge in [-0.3, -0.25) is 4.99 Å². The van der Waals surface area contributed by atoms with Crippen LogP contribution in [0.4, 0.5) is 22.7 Å². The summed E-state index contributed by atoms with van der Waals surface area (Å²) >= 11 is 0. The van der Waals surface area contributed by atoms with Crippen LogP contribution < -0.4 is 10.2 Å². The highest BCUT2D eigenvalue weighted by Gasteiger charge is 2.36. The largest absolute Gasteiger partial charge is 0.340 e. The van der Waals surface area contributed by atoms with Crippen LogP contribution in [0.25, 0.3) is 22.3 Å². The van der Waals surface area contributed by atoms with Gasteiger partial charge in [0, 0.05) is 35.0 Å². The molecule has 8 rings (SSSR count). The van der Waals surface area contributed by atoms with Gasteiger partial charge in [0.15, 0.2) is 5.84 Å². The van der Waals surface area contributed by atoms with Crippen molar-refractivity contribution in [1.29, 1.82) is 0 Å². The lowest BCUT2D eigenvalue weighted by Gasteiger charge is -2.42. The average molecular weight is 673 g/mol. The summed E-state index contributed by atoms with van der Waals surface area (Å²) in [5.74, 6) is 1.38. The first kappa shape index (κ1) is 32.7. The molecule has 1 aliphatic rings. The van der Waals surface area contributed by atoms with E-state index in [4.69, 9.17) is 4.99 Å². The zero-order valence-electron chi connectivity index (χ0n) is 29.7. The lowest BCUT2D eigenvalue weighted by Crippen LogP contribution is -2.30. The molecule has 0 atom stereocenters. The van der Waals surface area contributed by atoms with Gasteiger partial charge in [0.1, 0.15) is 5.84 Å². The number of hydrogen-bond donors (Lipinski definition) is 1. The SMILES string of the molecule is C/N=C(\N=C(/Nc1ccc(N2c3ccccc3C(C)(C)c3ccccc32)cc1)c1ccccc1)c1ccc(-c2ccc(-c3ccccc3)cc2)cc1. The van der Waals surface area contributed by atoms with E-state index in [0.29, 0.717) is 5.84 Å². The van der Waals surface area contributed by atoms with E-state index < -0.39 is 0 Å². The van der Waals surface area contributed by atoms with Crippen LogP contribution in [0.2, 0.25) is 0 Å². The summed E-state index contributed by atoms with van der Waals surface area (Å²) in [5.41, 5.74) is 13.6. The number of rotatable bonds is 6. The summed E-state index contributed by atoms with van der Waals surface area (Å²) in [5, 5.41) is 3.62. The smallest absolute Gasteiger partial charge is 0.156 e. The van der Waals surface area contributed by atoms with E-state index in [-0.39, 0.29) is 5.41 Å². The predicted molar refractivity (Wildman–Crippen MR) is 220 cm³/mol. The Morgan fingerprint density at radius 1 is 0.481 bits per heavy atom. The van der Waals surface area contributed by atoms with E-state index in [2.05, 4.69) is 187 Å². The molecule has 4 heteroatoms. The van der Waals surface area contributed by atoms with Crippen LogP contribution in [0.1, 0.15) is 36.1 Å². The lowest BCUT2D eigenvalue weighted by molar-refractivity contribution is 0.632. The number of nitrogens with zero attached hydrogens (tertiary/aromatic N) is 3. The number of para-hydroxylation sites is 2. The van der Waals surface area contributed by atoms with Crippen molar-refractivity contribution >= 4 is 34.4 Å². The van der Waals surface area contributed by atoms with Gasteiger partial charge in [0.05, 0.1) is 11.4 Å². The fraction of sp³-hybridized carbons (Fsp3) is 0.0833. The van der Waals surface area contributed by atoms with E-state index in [1.54, 1.807) is 7.05 Å². The number of nitrogens with one attached hydrogen (secondary N) is 1. The minimum absolute atomic E-state index is 0.0980. The van der Waals surface area contributed by atoms with Crippen LogP contribution in [-0.2, 0) is 5.41 Å². The molecule has 52 heavy (non-hydrogen) atoms. The van der Waals surface area contributed by atoms with Crippen LogP contribution in [0.5, 0.6) is 0 Å². The molecular weight excluding hydrogens is 633 g/mol. The molecule has 1 aliphatic heterocycles. The Balaban J connectivity index is 1.07. The Bertz CT molecular complexity index is 2320. The first-order valence-electron chi connectivity index (χ1n) is 17.7. The maximum absolute atomic E-state index is 5.11. The summed E-state index contributed by atoms with van der Waals surface area (Å²) in [6, 6.07) is 63.9. The molecule has 0 radical (unpaired) electrons. The van der Waals surface area contributed by atoms with Crippen molar-refractivity contribution in [3.63, 3.8) is 0 Å². The standard InChI is InChI=1S/C48H40N4/c1-48(2)42-18-10-12-20-44(42)52(45-21-13-11-19-43(45)48)41-32-30-40(31-33-41)50-47(38-16-8-5-9-17-38)51-46(49-3)39-28-26-37(27-29-39)36-24-22-35(23-25-36)34-14-6-4-7-15-34/h4-33H,1-3H3,(H,49,50,51). The zero-order valence-corrected chi connectivity index (χ0v) is 29.7. The van der Waals surface area contributed by atoms with Gasteiger partial charge in [-0.05, 0) is 69.8 Å². The first-order valence-corrected chi connectivity index (χ1v) is 17.7. The highest BCUT2D eigenvalue weighted by molar-refractivity contribution is 6.16. The lowest BCUT2D eigenvalue weighted by atomic mass is 9.73. The van der Waals surface area contributed by atoms with E-state index in [0.717, 1.165) is 33.9 Å². The Morgan fingerprint density at radius 3 is 1.48 bits per heavy atom. The molecule has 4 nitrogen and oxygen atoms in total. The number of hydrogen-bond acceptors (Lipinski definition) is 2. The van der Waals surface area contributed by atoms with Gasteiger partial charge in [-0.1, -0.05) is 159 Å². The maximum Gasteiger partial charge on any atom is 0.156 e. The first-order chi connectivity index (χ1) is 25.5. The van der Waals surface area contributed by atoms with Crippen molar-refractivity contribution in [3.8, 4) is 22.3 Å². The van der Waals surface area contributed by atoms with Crippen molar-refractivity contribution in [1.82, 2.24) is 0 Å². The number of amidine groups is 2. The van der Waals surface area contributed by atoms with Crippen molar-refractivity contribution in [2.45, 2.75) is 19.3 Å². The predicted octanol–water partition coefficient (Wildman–Crippen LogP) is 12.1.